The Morgan fingerprint density at radius 1 is 1.20 bits per heavy atom. The fourth-order valence-electron chi connectivity index (χ4n) is 2.72. The van der Waals surface area contributed by atoms with Crippen molar-refractivity contribution in [2.75, 3.05) is 0 Å². The minimum absolute atomic E-state index is 0.211. The number of rotatable bonds is 6. The zero-order valence-electron chi connectivity index (χ0n) is 15.1. The number of hydrogen-bond donors (Lipinski definition) is 2. The van der Waals surface area contributed by atoms with Crippen molar-refractivity contribution in [2.45, 2.75) is 16.6 Å². The number of aromatic nitrogens is 4. The van der Waals surface area contributed by atoms with Gasteiger partial charge in [-0.05, 0) is 48.2 Å². The highest BCUT2D eigenvalue weighted by atomic mass is 32.2. The van der Waals surface area contributed by atoms with Gasteiger partial charge < -0.3 is 4.42 Å². The maximum Gasteiger partial charge on any atom is 0.274 e. The van der Waals surface area contributed by atoms with E-state index >= 15 is 0 Å². The van der Waals surface area contributed by atoms with E-state index in [1.807, 2.05) is 0 Å². The lowest BCUT2D eigenvalue weighted by atomic mass is 10.2. The number of hydrogen-bond acceptors (Lipinski definition) is 7. The molecule has 1 amide bonds. The molecular formula is C19H13F2N5O3S. The molecule has 3 heterocycles. The average Bonchev–Trinajstić information content (AvgIpc) is 3.41. The summed E-state index contributed by atoms with van der Waals surface area (Å²) in [5, 5.41) is 17.1. The van der Waals surface area contributed by atoms with Crippen LogP contribution in [0.1, 0.15) is 16.1 Å². The number of carbonyl (C=O) groups excluding carboxylic acids is 1. The van der Waals surface area contributed by atoms with Gasteiger partial charge in [-0.15, -0.1) is 10.2 Å². The van der Waals surface area contributed by atoms with Crippen LogP contribution < -0.4 is 5.48 Å². The molecule has 30 heavy (non-hydrogen) atoms. The number of benzene rings is 1. The first-order valence-corrected chi connectivity index (χ1v) is 9.35. The monoisotopic (exact) mass is 429 g/mol. The molecule has 152 valence electrons. The second-order valence-electron chi connectivity index (χ2n) is 6.03. The number of nitrogens with zero attached hydrogens (tertiary/aromatic N) is 4. The van der Waals surface area contributed by atoms with E-state index in [0.29, 0.717) is 28.9 Å². The molecule has 0 aliphatic carbocycles. The lowest BCUT2D eigenvalue weighted by Crippen LogP contribution is -2.19. The van der Waals surface area contributed by atoms with Gasteiger partial charge in [-0.25, -0.2) is 14.3 Å². The molecule has 11 heteroatoms. The maximum absolute atomic E-state index is 14.5. The summed E-state index contributed by atoms with van der Waals surface area (Å²) in [5.41, 5.74) is 1.65. The molecule has 2 N–H and O–H groups in total. The van der Waals surface area contributed by atoms with Gasteiger partial charge in [-0.1, -0.05) is 0 Å². The third kappa shape index (κ3) is 3.93. The van der Waals surface area contributed by atoms with Gasteiger partial charge in [0.2, 0.25) is 0 Å². The Balaban J connectivity index is 1.74. The van der Waals surface area contributed by atoms with Crippen LogP contribution in [-0.2, 0) is 6.54 Å². The largest absolute Gasteiger partial charge is 0.467 e. The molecule has 0 spiro atoms. The smallest absolute Gasteiger partial charge is 0.274 e. The van der Waals surface area contributed by atoms with E-state index in [4.69, 9.17) is 9.62 Å². The number of nitrogens with one attached hydrogen (secondary N) is 1. The molecule has 3 aromatic heterocycles. The summed E-state index contributed by atoms with van der Waals surface area (Å²) in [5.74, 6) is -1.94. The van der Waals surface area contributed by atoms with Crippen LogP contribution in [0.15, 0.2) is 69.5 Å². The third-order valence-electron chi connectivity index (χ3n) is 4.09. The summed E-state index contributed by atoms with van der Waals surface area (Å²) in [6.45, 7) is 0.223. The Morgan fingerprint density at radius 3 is 2.63 bits per heavy atom. The van der Waals surface area contributed by atoms with Crippen LogP contribution in [0.2, 0.25) is 0 Å². The highest BCUT2D eigenvalue weighted by Gasteiger charge is 2.21. The van der Waals surface area contributed by atoms with Crippen LogP contribution >= 0.6 is 11.8 Å². The van der Waals surface area contributed by atoms with E-state index in [9.17, 15) is 13.6 Å². The van der Waals surface area contributed by atoms with E-state index in [2.05, 4.69) is 15.2 Å². The van der Waals surface area contributed by atoms with Gasteiger partial charge in [-0.3, -0.25) is 19.6 Å². The van der Waals surface area contributed by atoms with Crippen molar-refractivity contribution in [1.82, 2.24) is 25.2 Å². The molecule has 0 fully saturated rings. The number of halogens is 2. The Kier molecular flexibility index (Phi) is 5.55. The van der Waals surface area contributed by atoms with Crippen molar-refractivity contribution < 1.29 is 23.2 Å². The van der Waals surface area contributed by atoms with Gasteiger partial charge in [-0.2, -0.15) is 0 Å². The highest BCUT2D eigenvalue weighted by molar-refractivity contribution is 7.99. The molecule has 8 nitrogen and oxygen atoms in total. The van der Waals surface area contributed by atoms with Crippen LogP contribution in [0.3, 0.4) is 0 Å². The number of carbonyl (C=O) groups is 1. The van der Waals surface area contributed by atoms with Crippen LogP contribution in [0.4, 0.5) is 8.78 Å². The van der Waals surface area contributed by atoms with E-state index < -0.39 is 17.5 Å². The first-order chi connectivity index (χ1) is 14.6. The Hall–Kier alpha value is -3.57. The number of furan rings is 1. The van der Waals surface area contributed by atoms with E-state index in [0.717, 1.165) is 12.1 Å². The SMILES string of the molecule is O=C(NO)c1cc(F)c(Sc2nnc(-c3cccnc3)n2Cc2ccco2)c(F)c1. The molecule has 1 aromatic carbocycles. The maximum atomic E-state index is 14.5. The fraction of sp³-hybridized carbons (Fsp3) is 0.0526. The molecule has 0 aliphatic heterocycles. The lowest BCUT2D eigenvalue weighted by Gasteiger charge is -2.10. The molecule has 0 atom stereocenters. The number of hydroxylamine groups is 1. The van der Waals surface area contributed by atoms with E-state index in [1.165, 1.54) is 11.7 Å². The zero-order chi connectivity index (χ0) is 21.1. The van der Waals surface area contributed by atoms with Gasteiger partial charge >= 0.3 is 0 Å². The minimum atomic E-state index is -1.02. The summed E-state index contributed by atoms with van der Waals surface area (Å²) in [4.78, 5) is 15.1. The zero-order valence-corrected chi connectivity index (χ0v) is 15.9. The van der Waals surface area contributed by atoms with Crippen molar-refractivity contribution >= 4 is 17.7 Å². The van der Waals surface area contributed by atoms with Crippen LogP contribution in [0.25, 0.3) is 11.4 Å². The Bertz CT molecular complexity index is 1160. The molecule has 0 aliphatic rings. The molecule has 0 saturated heterocycles. The van der Waals surface area contributed by atoms with Crippen molar-refractivity contribution in [1.29, 1.82) is 0 Å². The fourth-order valence-corrected chi connectivity index (χ4v) is 3.56. The predicted octanol–water partition coefficient (Wildman–Crippen LogP) is 3.53. The molecular weight excluding hydrogens is 416 g/mol. The Labute approximate surface area is 172 Å². The van der Waals surface area contributed by atoms with Gasteiger partial charge in [0.05, 0.1) is 17.7 Å². The van der Waals surface area contributed by atoms with Crippen molar-refractivity contribution in [3.8, 4) is 11.4 Å². The average molecular weight is 429 g/mol. The van der Waals surface area contributed by atoms with Gasteiger partial charge in [0.25, 0.3) is 5.91 Å². The summed E-state index contributed by atoms with van der Waals surface area (Å²) in [6, 6.07) is 8.65. The van der Waals surface area contributed by atoms with Gasteiger partial charge in [0.1, 0.15) is 17.4 Å². The quantitative estimate of drug-likeness (QED) is 0.357. The second-order valence-corrected chi connectivity index (χ2v) is 7.00. The summed E-state index contributed by atoms with van der Waals surface area (Å²) in [6.07, 6.45) is 4.72. The van der Waals surface area contributed by atoms with Gasteiger partial charge in [0, 0.05) is 23.5 Å². The molecule has 0 unspecified atom stereocenters. The molecule has 0 radical (unpaired) electrons. The molecule has 4 rings (SSSR count). The van der Waals surface area contributed by atoms with Crippen LogP contribution in [-0.4, -0.2) is 30.9 Å². The topological polar surface area (TPSA) is 106 Å². The van der Waals surface area contributed by atoms with E-state index in [1.54, 1.807) is 41.2 Å². The van der Waals surface area contributed by atoms with Crippen molar-refractivity contribution in [3.63, 3.8) is 0 Å². The summed E-state index contributed by atoms with van der Waals surface area (Å²) >= 11 is 0.716. The Morgan fingerprint density at radius 2 is 2.00 bits per heavy atom. The second kappa shape index (κ2) is 8.43. The van der Waals surface area contributed by atoms with Gasteiger partial charge in [0.15, 0.2) is 11.0 Å². The summed E-state index contributed by atoms with van der Waals surface area (Å²) < 4.78 is 36.1. The first-order valence-electron chi connectivity index (χ1n) is 8.54. The molecule has 0 bridgehead atoms. The molecule has 0 saturated carbocycles. The highest BCUT2D eigenvalue weighted by Crippen LogP contribution is 2.34. The standard InChI is InChI=1S/C19H13F2N5O3S/c20-14-7-12(18(27)25-28)8-15(21)16(14)30-19-24-23-17(11-3-1-5-22-9-11)26(19)10-13-4-2-6-29-13/h1-9,28H,10H2,(H,25,27). The third-order valence-corrected chi connectivity index (χ3v) is 5.16. The predicted molar refractivity (Wildman–Crippen MR) is 101 cm³/mol. The van der Waals surface area contributed by atoms with Crippen LogP contribution in [0.5, 0.6) is 0 Å². The molecule has 4 aromatic rings. The normalized spacial score (nSPS) is 10.9. The van der Waals surface area contributed by atoms with Crippen molar-refractivity contribution in [3.05, 3.63) is 78.0 Å². The lowest BCUT2D eigenvalue weighted by molar-refractivity contribution is 0.0705. The minimum Gasteiger partial charge on any atom is -0.467 e. The summed E-state index contributed by atoms with van der Waals surface area (Å²) in [7, 11) is 0. The number of amides is 1. The van der Waals surface area contributed by atoms with Crippen LogP contribution in [0, 0.1) is 11.6 Å². The van der Waals surface area contributed by atoms with E-state index in [-0.39, 0.29) is 22.2 Å². The number of pyridine rings is 1. The van der Waals surface area contributed by atoms with Crippen molar-refractivity contribution in [2.24, 2.45) is 0 Å². The first kappa shape index (κ1) is 19.7.